The predicted octanol–water partition coefficient (Wildman–Crippen LogP) is 2.08. The van der Waals surface area contributed by atoms with Crippen LogP contribution in [0.5, 0.6) is 0 Å². The Morgan fingerprint density at radius 1 is 1.29 bits per heavy atom. The molecule has 0 bridgehead atoms. The van der Waals surface area contributed by atoms with E-state index in [9.17, 15) is 13.9 Å². The lowest BCUT2D eigenvalue weighted by molar-refractivity contribution is 0.198. The fourth-order valence-electron chi connectivity index (χ4n) is 1.16. The maximum Gasteiger partial charge on any atom is 0.182 e. The Bertz CT molecular complexity index is 337. The Morgan fingerprint density at radius 3 is 2.29 bits per heavy atom. The van der Waals surface area contributed by atoms with E-state index in [4.69, 9.17) is 0 Å². The van der Waals surface area contributed by atoms with Crippen LogP contribution in [-0.2, 0) is 0 Å². The normalized spacial score (nSPS) is 12.7. The second-order valence-electron chi connectivity index (χ2n) is 3.41. The van der Waals surface area contributed by atoms with Crippen molar-refractivity contribution in [1.29, 1.82) is 0 Å². The summed E-state index contributed by atoms with van der Waals surface area (Å²) in [6.07, 6.45) is -0.802. The fraction of sp³-hybridized carbons (Fsp3) is 0.400. The fourth-order valence-corrected chi connectivity index (χ4v) is 1.16. The molecule has 1 aromatic rings. The number of benzene rings is 1. The van der Waals surface area contributed by atoms with E-state index in [1.165, 1.54) is 17.9 Å². The summed E-state index contributed by atoms with van der Waals surface area (Å²) >= 11 is 0. The minimum Gasteiger partial charge on any atom is -0.389 e. The van der Waals surface area contributed by atoms with E-state index in [1.54, 1.807) is 14.1 Å². The molecule has 1 aromatic carbocycles. The molecule has 0 amide bonds. The van der Waals surface area contributed by atoms with Crippen molar-refractivity contribution in [3.8, 4) is 0 Å². The van der Waals surface area contributed by atoms with Crippen LogP contribution >= 0.6 is 0 Å². The van der Waals surface area contributed by atoms with Gasteiger partial charge in [0.05, 0.1) is 11.8 Å². The summed E-state index contributed by atoms with van der Waals surface area (Å²) in [5, 5.41) is 9.24. The summed E-state index contributed by atoms with van der Waals surface area (Å²) < 4.78 is 26.2. The number of rotatable bonds is 2. The van der Waals surface area contributed by atoms with E-state index < -0.39 is 17.7 Å². The minimum atomic E-state index is -0.938. The predicted molar refractivity (Wildman–Crippen MR) is 51.3 cm³/mol. The molecule has 0 saturated carbocycles. The first-order valence-corrected chi connectivity index (χ1v) is 4.27. The molecule has 78 valence electrons. The maximum atomic E-state index is 13.2. The highest BCUT2D eigenvalue weighted by atomic mass is 19.2. The zero-order valence-electron chi connectivity index (χ0n) is 8.38. The van der Waals surface area contributed by atoms with Crippen molar-refractivity contribution in [2.24, 2.45) is 0 Å². The molecule has 0 fully saturated rings. The van der Waals surface area contributed by atoms with Crippen LogP contribution in [0.4, 0.5) is 14.5 Å². The number of halogens is 2. The summed E-state index contributed by atoms with van der Waals surface area (Å²) in [6, 6.07) is 2.44. The third-order valence-electron chi connectivity index (χ3n) is 2.00. The maximum absolute atomic E-state index is 13.2. The van der Waals surface area contributed by atoms with E-state index in [1.807, 2.05) is 0 Å². The standard InChI is InChI=1S/C10H13F2NO/c1-6(14)7-4-8(11)10(12)9(5-7)13(2)3/h4-6,14H,1-3H3. The highest BCUT2D eigenvalue weighted by Crippen LogP contribution is 2.25. The highest BCUT2D eigenvalue weighted by Gasteiger charge is 2.14. The lowest BCUT2D eigenvalue weighted by atomic mass is 10.1. The van der Waals surface area contributed by atoms with Gasteiger partial charge < -0.3 is 10.0 Å². The molecule has 4 heteroatoms. The zero-order chi connectivity index (χ0) is 10.9. The SMILES string of the molecule is CC(O)c1cc(F)c(F)c(N(C)C)c1. The molecule has 0 aromatic heterocycles. The molecule has 0 aliphatic heterocycles. The second kappa shape index (κ2) is 3.92. The number of aliphatic hydroxyl groups is 1. The van der Waals surface area contributed by atoms with E-state index >= 15 is 0 Å². The topological polar surface area (TPSA) is 23.5 Å². The summed E-state index contributed by atoms with van der Waals surface area (Å²) in [7, 11) is 3.23. The average Bonchev–Trinajstić information content (AvgIpc) is 2.08. The molecule has 1 N–H and O–H groups in total. The van der Waals surface area contributed by atoms with Crippen LogP contribution in [0.2, 0.25) is 0 Å². The Kier molecular flexibility index (Phi) is 3.06. The Labute approximate surface area is 81.8 Å². The molecule has 0 aliphatic rings. The van der Waals surface area contributed by atoms with Crippen LogP contribution in [0.15, 0.2) is 12.1 Å². The number of hydrogen-bond acceptors (Lipinski definition) is 2. The van der Waals surface area contributed by atoms with Crippen LogP contribution in [0.3, 0.4) is 0 Å². The molecule has 1 unspecified atom stereocenters. The molecule has 1 rings (SSSR count). The quantitative estimate of drug-likeness (QED) is 0.791. The van der Waals surface area contributed by atoms with E-state index in [0.29, 0.717) is 5.56 Å². The number of aliphatic hydroxyl groups excluding tert-OH is 1. The average molecular weight is 201 g/mol. The van der Waals surface area contributed by atoms with Gasteiger partial charge in [0.15, 0.2) is 11.6 Å². The Hall–Kier alpha value is -1.16. The van der Waals surface area contributed by atoms with Crippen molar-refractivity contribution < 1.29 is 13.9 Å². The Balaban J connectivity index is 3.28. The monoisotopic (exact) mass is 201 g/mol. The van der Waals surface area contributed by atoms with Gasteiger partial charge in [0.2, 0.25) is 0 Å². The van der Waals surface area contributed by atoms with E-state index in [2.05, 4.69) is 0 Å². The molecule has 0 aliphatic carbocycles. The van der Waals surface area contributed by atoms with Gasteiger partial charge in [-0.3, -0.25) is 0 Å². The molecular weight excluding hydrogens is 188 g/mol. The van der Waals surface area contributed by atoms with Gasteiger partial charge >= 0.3 is 0 Å². The summed E-state index contributed by atoms with van der Waals surface area (Å²) in [5.41, 5.74) is 0.508. The van der Waals surface area contributed by atoms with Crippen molar-refractivity contribution in [3.05, 3.63) is 29.3 Å². The number of anilines is 1. The number of nitrogens with zero attached hydrogens (tertiary/aromatic N) is 1. The van der Waals surface area contributed by atoms with E-state index in [0.717, 1.165) is 6.07 Å². The molecule has 0 spiro atoms. The minimum absolute atomic E-state index is 0.140. The largest absolute Gasteiger partial charge is 0.389 e. The van der Waals surface area contributed by atoms with Gasteiger partial charge in [-0.1, -0.05) is 0 Å². The molecule has 0 radical (unpaired) electrons. The van der Waals surface area contributed by atoms with Crippen LogP contribution < -0.4 is 4.90 Å². The highest BCUT2D eigenvalue weighted by molar-refractivity contribution is 5.49. The molecule has 1 atom stereocenters. The van der Waals surface area contributed by atoms with Gasteiger partial charge in [-0.25, -0.2) is 8.78 Å². The van der Waals surface area contributed by atoms with Gasteiger partial charge in [0.1, 0.15) is 0 Å². The molecular formula is C10H13F2NO. The van der Waals surface area contributed by atoms with Crippen LogP contribution in [0.25, 0.3) is 0 Å². The smallest absolute Gasteiger partial charge is 0.182 e. The van der Waals surface area contributed by atoms with Gasteiger partial charge in [-0.15, -0.1) is 0 Å². The molecule has 14 heavy (non-hydrogen) atoms. The Morgan fingerprint density at radius 2 is 1.86 bits per heavy atom. The first-order chi connectivity index (χ1) is 6.43. The number of hydrogen-bond donors (Lipinski definition) is 1. The van der Waals surface area contributed by atoms with Crippen molar-refractivity contribution >= 4 is 5.69 Å². The van der Waals surface area contributed by atoms with Crippen LogP contribution in [0, 0.1) is 11.6 Å². The van der Waals surface area contributed by atoms with Gasteiger partial charge in [-0.2, -0.15) is 0 Å². The first-order valence-electron chi connectivity index (χ1n) is 4.27. The van der Waals surface area contributed by atoms with Crippen LogP contribution in [-0.4, -0.2) is 19.2 Å². The van der Waals surface area contributed by atoms with Crippen molar-refractivity contribution in [3.63, 3.8) is 0 Å². The zero-order valence-corrected chi connectivity index (χ0v) is 8.38. The summed E-state index contributed by atoms with van der Waals surface area (Å²) in [6.45, 7) is 1.51. The molecule has 2 nitrogen and oxygen atoms in total. The second-order valence-corrected chi connectivity index (χ2v) is 3.41. The van der Waals surface area contributed by atoms with Gasteiger partial charge in [0, 0.05) is 14.1 Å². The van der Waals surface area contributed by atoms with Crippen molar-refractivity contribution in [2.45, 2.75) is 13.0 Å². The first kappa shape index (κ1) is 10.9. The molecule has 0 heterocycles. The lowest BCUT2D eigenvalue weighted by Gasteiger charge is -2.16. The van der Waals surface area contributed by atoms with Crippen LogP contribution in [0.1, 0.15) is 18.6 Å². The van der Waals surface area contributed by atoms with Crippen molar-refractivity contribution in [1.82, 2.24) is 0 Å². The third kappa shape index (κ3) is 2.01. The molecule has 0 saturated heterocycles. The van der Waals surface area contributed by atoms with Gasteiger partial charge in [-0.05, 0) is 24.6 Å². The van der Waals surface area contributed by atoms with Crippen molar-refractivity contribution in [2.75, 3.05) is 19.0 Å². The van der Waals surface area contributed by atoms with E-state index in [-0.39, 0.29) is 5.69 Å². The summed E-state index contributed by atoms with van der Waals surface area (Å²) in [5.74, 6) is -1.83. The third-order valence-corrected chi connectivity index (χ3v) is 2.00. The lowest BCUT2D eigenvalue weighted by Crippen LogP contribution is -2.12. The van der Waals surface area contributed by atoms with Gasteiger partial charge in [0.25, 0.3) is 0 Å². The summed E-state index contributed by atoms with van der Waals surface area (Å²) in [4.78, 5) is 1.46.